The summed E-state index contributed by atoms with van der Waals surface area (Å²) in [6.07, 6.45) is 1.18. The van der Waals surface area contributed by atoms with Crippen LogP contribution in [0.3, 0.4) is 0 Å². The first-order valence-corrected chi connectivity index (χ1v) is 5.92. The molecular weight excluding hydrogens is 202 g/mol. The van der Waals surface area contributed by atoms with Gasteiger partial charge in [0.2, 0.25) is 0 Å². The van der Waals surface area contributed by atoms with Crippen molar-refractivity contribution < 1.29 is 9.47 Å². The predicted molar refractivity (Wildman–Crippen MR) is 62.4 cm³/mol. The molecule has 2 aliphatic heterocycles. The molecule has 0 radical (unpaired) electrons. The van der Waals surface area contributed by atoms with Crippen LogP contribution in [0, 0.1) is 5.92 Å². The lowest BCUT2D eigenvalue weighted by Crippen LogP contribution is -2.35. The van der Waals surface area contributed by atoms with Crippen LogP contribution >= 0.6 is 0 Å². The Morgan fingerprint density at radius 2 is 2.19 bits per heavy atom. The van der Waals surface area contributed by atoms with Crippen LogP contribution in [-0.2, 0) is 16.1 Å². The molecule has 3 nitrogen and oxygen atoms in total. The Morgan fingerprint density at radius 1 is 1.25 bits per heavy atom. The second kappa shape index (κ2) is 4.44. The lowest BCUT2D eigenvalue weighted by molar-refractivity contribution is 0.106. The van der Waals surface area contributed by atoms with E-state index in [4.69, 9.17) is 9.47 Å². The molecule has 0 amide bonds. The van der Waals surface area contributed by atoms with Gasteiger partial charge in [0.15, 0.2) is 0 Å². The van der Waals surface area contributed by atoms with E-state index in [1.807, 2.05) is 0 Å². The van der Waals surface area contributed by atoms with Crippen LogP contribution in [0.15, 0.2) is 24.3 Å². The molecule has 16 heavy (non-hydrogen) atoms. The fourth-order valence-corrected chi connectivity index (χ4v) is 2.47. The van der Waals surface area contributed by atoms with Crippen molar-refractivity contribution in [1.29, 1.82) is 0 Å². The number of hydrogen-bond acceptors (Lipinski definition) is 3. The zero-order valence-corrected chi connectivity index (χ0v) is 9.39. The Balaban J connectivity index is 1.76. The number of hydrogen-bond donors (Lipinski definition) is 0. The summed E-state index contributed by atoms with van der Waals surface area (Å²) in [5.74, 6) is 0.662. The summed E-state index contributed by atoms with van der Waals surface area (Å²) >= 11 is 0. The topological polar surface area (TPSA) is 21.7 Å². The SMILES string of the molecule is c1ccc2c(c1)COCN2CC1CCOC1. The molecule has 1 atom stereocenters. The molecule has 86 valence electrons. The Kier molecular flexibility index (Phi) is 2.80. The van der Waals surface area contributed by atoms with Gasteiger partial charge in [-0.3, -0.25) is 0 Å². The Labute approximate surface area is 96.0 Å². The highest BCUT2D eigenvalue weighted by molar-refractivity contribution is 5.54. The summed E-state index contributed by atoms with van der Waals surface area (Å²) in [7, 11) is 0. The molecule has 1 fully saturated rings. The van der Waals surface area contributed by atoms with Crippen molar-refractivity contribution in [3.05, 3.63) is 29.8 Å². The van der Waals surface area contributed by atoms with Crippen LogP contribution in [0.1, 0.15) is 12.0 Å². The molecule has 2 heterocycles. The van der Waals surface area contributed by atoms with Crippen molar-refractivity contribution in [3.63, 3.8) is 0 Å². The molecule has 0 N–H and O–H groups in total. The average molecular weight is 219 g/mol. The van der Waals surface area contributed by atoms with Gasteiger partial charge in [0.25, 0.3) is 0 Å². The van der Waals surface area contributed by atoms with E-state index < -0.39 is 0 Å². The van der Waals surface area contributed by atoms with Gasteiger partial charge in [-0.25, -0.2) is 0 Å². The highest BCUT2D eigenvalue weighted by atomic mass is 16.5. The van der Waals surface area contributed by atoms with Crippen LogP contribution in [0.5, 0.6) is 0 Å². The van der Waals surface area contributed by atoms with Gasteiger partial charge in [-0.15, -0.1) is 0 Å². The summed E-state index contributed by atoms with van der Waals surface area (Å²) < 4.78 is 11.0. The highest BCUT2D eigenvalue weighted by Gasteiger charge is 2.22. The summed E-state index contributed by atoms with van der Waals surface area (Å²) in [4.78, 5) is 2.33. The summed E-state index contributed by atoms with van der Waals surface area (Å²) in [6, 6.07) is 8.51. The number of anilines is 1. The van der Waals surface area contributed by atoms with Crippen molar-refractivity contribution in [3.8, 4) is 0 Å². The van der Waals surface area contributed by atoms with Gasteiger partial charge >= 0.3 is 0 Å². The molecule has 0 saturated carbocycles. The third-order valence-corrected chi connectivity index (χ3v) is 3.34. The van der Waals surface area contributed by atoms with E-state index in [2.05, 4.69) is 29.2 Å². The molecule has 1 saturated heterocycles. The van der Waals surface area contributed by atoms with Crippen molar-refractivity contribution in [2.24, 2.45) is 5.92 Å². The smallest absolute Gasteiger partial charge is 0.119 e. The molecule has 1 aromatic rings. The van der Waals surface area contributed by atoms with E-state index in [1.54, 1.807) is 0 Å². The van der Waals surface area contributed by atoms with Gasteiger partial charge < -0.3 is 14.4 Å². The maximum Gasteiger partial charge on any atom is 0.119 e. The standard InChI is InChI=1S/C13H17NO2/c1-2-4-13-12(3-1)9-16-10-14(13)7-11-5-6-15-8-11/h1-4,11H,5-10H2. The van der Waals surface area contributed by atoms with Crippen molar-refractivity contribution in [2.45, 2.75) is 13.0 Å². The number of fused-ring (bicyclic) bond motifs is 1. The van der Waals surface area contributed by atoms with E-state index >= 15 is 0 Å². The molecule has 3 rings (SSSR count). The lowest BCUT2D eigenvalue weighted by atomic mass is 10.1. The summed E-state index contributed by atoms with van der Waals surface area (Å²) in [5, 5.41) is 0. The molecular formula is C13H17NO2. The van der Waals surface area contributed by atoms with Gasteiger partial charge in [0.05, 0.1) is 13.2 Å². The quantitative estimate of drug-likeness (QED) is 0.759. The fraction of sp³-hybridized carbons (Fsp3) is 0.538. The number of ether oxygens (including phenoxy) is 2. The van der Waals surface area contributed by atoms with Crippen molar-refractivity contribution in [2.75, 3.05) is 31.4 Å². The highest BCUT2D eigenvalue weighted by Crippen LogP contribution is 2.27. The summed E-state index contributed by atoms with van der Waals surface area (Å²) in [6.45, 7) is 4.33. The molecule has 0 bridgehead atoms. The number of para-hydroxylation sites is 1. The monoisotopic (exact) mass is 219 g/mol. The van der Waals surface area contributed by atoms with Crippen molar-refractivity contribution in [1.82, 2.24) is 0 Å². The first kappa shape index (κ1) is 10.1. The molecule has 1 aromatic carbocycles. The van der Waals surface area contributed by atoms with Crippen molar-refractivity contribution >= 4 is 5.69 Å². The Bertz CT molecular complexity index is 361. The van der Waals surface area contributed by atoms with Crippen LogP contribution in [-0.4, -0.2) is 26.5 Å². The normalized spacial score (nSPS) is 24.5. The Hall–Kier alpha value is -1.06. The molecule has 0 spiro atoms. The third kappa shape index (κ3) is 1.93. The van der Waals surface area contributed by atoms with Gasteiger partial charge in [-0.05, 0) is 12.5 Å². The van der Waals surface area contributed by atoms with Gasteiger partial charge in [-0.2, -0.15) is 0 Å². The molecule has 1 unspecified atom stereocenters. The second-order valence-corrected chi connectivity index (χ2v) is 4.56. The van der Waals surface area contributed by atoms with E-state index in [9.17, 15) is 0 Å². The number of nitrogens with zero attached hydrogens (tertiary/aromatic N) is 1. The van der Waals surface area contributed by atoms with Crippen LogP contribution in [0.2, 0.25) is 0 Å². The van der Waals surface area contributed by atoms with E-state index in [0.29, 0.717) is 12.6 Å². The average Bonchev–Trinajstić information content (AvgIpc) is 2.82. The summed E-state index contributed by atoms with van der Waals surface area (Å²) in [5.41, 5.74) is 2.63. The largest absolute Gasteiger partial charge is 0.381 e. The lowest BCUT2D eigenvalue weighted by Gasteiger charge is -2.32. The first-order valence-electron chi connectivity index (χ1n) is 5.92. The van der Waals surface area contributed by atoms with Gasteiger partial charge in [0.1, 0.15) is 6.73 Å². The third-order valence-electron chi connectivity index (χ3n) is 3.34. The second-order valence-electron chi connectivity index (χ2n) is 4.56. The molecule has 0 aliphatic carbocycles. The number of benzene rings is 1. The van der Waals surface area contributed by atoms with E-state index in [-0.39, 0.29) is 0 Å². The zero-order chi connectivity index (χ0) is 10.8. The van der Waals surface area contributed by atoms with Gasteiger partial charge in [0, 0.05) is 30.3 Å². The Morgan fingerprint density at radius 3 is 3.06 bits per heavy atom. The van der Waals surface area contributed by atoms with Crippen LogP contribution < -0.4 is 4.90 Å². The van der Waals surface area contributed by atoms with Crippen LogP contribution in [0.25, 0.3) is 0 Å². The molecule has 3 heteroatoms. The first-order chi connectivity index (χ1) is 7.93. The number of rotatable bonds is 2. The predicted octanol–water partition coefficient (Wildman–Crippen LogP) is 2.02. The minimum Gasteiger partial charge on any atom is -0.381 e. The van der Waals surface area contributed by atoms with Gasteiger partial charge in [-0.1, -0.05) is 18.2 Å². The minimum atomic E-state index is 0.662. The zero-order valence-electron chi connectivity index (χ0n) is 9.39. The maximum absolute atomic E-state index is 5.60. The minimum absolute atomic E-state index is 0.662. The molecule has 0 aromatic heterocycles. The molecule has 2 aliphatic rings. The van der Waals surface area contributed by atoms with Crippen LogP contribution in [0.4, 0.5) is 5.69 Å². The maximum atomic E-state index is 5.60. The van der Waals surface area contributed by atoms with E-state index in [0.717, 1.165) is 26.4 Å². The van der Waals surface area contributed by atoms with E-state index in [1.165, 1.54) is 17.7 Å². The fourth-order valence-electron chi connectivity index (χ4n) is 2.47.